The Morgan fingerprint density at radius 1 is 1.21 bits per heavy atom. The smallest absolute Gasteiger partial charge is 0.328 e. The molecule has 5 nitrogen and oxygen atoms in total. The van der Waals surface area contributed by atoms with Gasteiger partial charge in [0, 0.05) is 29.1 Å². The maximum Gasteiger partial charge on any atom is 0.328 e. The van der Waals surface area contributed by atoms with Gasteiger partial charge in [-0.25, -0.2) is 13.6 Å². The number of nitrogens with one attached hydrogen (secondary N) is 1. The molecule has 29 heavy (non-hydrogen) atoms. The summed E-state index contributed by atoms with van der Waals surface area (Å²) in [6.07, 6.45) is 0.197. The van der Waals surface area contributed by atoms with Gasteiger partial charge in [0.05, 0.1) is 13.2 Å². The van der Waals surface area contributed by atoms with E-state index in [0.717, 1.165) is 34.7 Å². The number of ether oxygens (including phenoxy) is 1. The Kier molecular flexibility index (Phi) is 5.00. The predicted octanol–water partition coefficient (Wildman–Crippen LogP) is 3.70. The molecule has 1 N–H and O–H groups in total. The number of fused-ring (bicyclic) bond motifs is 3. The first kappa shape index (κ1) is 19.4. The molecule has 0 fully saturated rings. The molecular weight excluding hydrogens is 402 g/mol. The second kappa shape index (κ2) is 7.48. The average molecular weight is 419 g/mol. The summed E-state index contributed by atoms with van der Waals surface area (Å²) >= 11 is 5.82. The van der Waals surface area contributed by atoms with Crippen LogP contribution in [0.2, 0.25) is 0 Å². The number of nitrogens with zero attached hydrogens (tertiary/aromatic N) is 1. The standard InChI is InChI=1S/C21H17ClF2N2O3/c1-29-21(28)17-9-15-14-4-2-3-5-16(14)25-19(15)20(26(17)18(27)10-22)11-6-12(23)8-13(24)7-11/h2-8,17,20,25H,9-10H2,1H3/t17-,20+/m0/s1. The van der Waals surface area contributed by atoms with Crippen molar-refractivity contribution in [3.8, 4) is 0 Å². The Labute approximate surface area is 170 Å². The van der Waals surface area contributed by atoms with Crippen LogP contribution in [0.1, 0.15) is 22.9 Å². The van der Waals surface area contributed by atoms with Crippen LogP contribution < -0.4 is 0 Å². The van der Waals surface area contributed by atoms with Crippen LogP contribution in [-0.4, -0.2) is 40.8 Å². The summed E-state index contributed by atoms with van der Waals surface area (Å²) in [5.74, 6) is -3.12. The van der Waals surface area contributed by atoms with Gasteiger partial charge in [0.2, 0.25) is 5.91 Å². The van der Waals surface area contributed by atoms with Crippen molar-refractivity contribution in [1.82, 2.24) is 9.88 Å². The highest BCUT2D eigenvalue weighted by Crippen LogP contribution is 2.41. The summed E-state index contributed by atoms with van der Waals surface area (Å²) in [7, 11) is 1.23. The van der Waals surface area contributed by atoms with Gasteiger partial charge in [-0.05, 0) is 29.3 Å². The van der Waals surface area contributed by atoms with E-state index < -0.39 is 41.5 Å². The largest absolute Gasteiger partial charge is 0.467 e. The molecule has 3 aromatic rings. The number of hydrogen-bond donors (Lipinski definition) is 1. The first-order valence-electron chi connectivity index (χ1n) is 8.95. The van der Waals surface area contributed by atoms with Gasteiger partial charge >= 0.3 is 5.97 Å². The molecular formula is C21H17ClF2N2O3. The lowest BCUT2D eigenvalue weighted by molar-refractivity contribution is -0.154. The molecule has 1 aromatic heterocycles. The first-order chi connectivity index (χ1) is 13.9. The third-order valence-electron chi connectivity index (χ3n) is 5.21. The monoisotopic (exact) mass is 418 g/mol. The number of amides is 1. The number of carbonyl (C=O) groups is 2. The van der Waals surface area contributed by atoms with Gasteiger partial charge in [-0.2, -0.15) is 0 Å². The van der Waals surface area contributed by atoms with E-state index in [1.54, 1.807) is 0 Å². The number of esters is 1. The Bertz CT molecular complexity index is 1090. The van der Waals surface area contributed by atoms with Gasteiger partial charge in [-0.1, -0.05) is 18.2 Å². The molecule has 0 unspecified atom stereocenters. The fraction of sp³-hybridized carbons (Fsp3) is 0.238. The van der Waals surface area contributed by atoms with E-state index in [2.05, 4.69) is 4.98 Å². The number of hydrogen-bond acceptors (Lipinski definition) is 3. The van der Waals surface area contributed by atoms with E-state index >= 15 is 0 Å². The number of H-pyrrole nitrogens is 1. The quantitative estimate of drug-likeness (QED) is 0.521. The van der Waals surface area contributed by atoms with Crippen molar-refractivity contribution in [2.24, 2.45) is 0 Å². The van der Waals surface area contributed by atoms with Gasteiger partial charge < -0.3 is 14.6 Å². The Morgan fingerprint density at radius 2 is 1.90 bits per heavy atom. The Morgan fingerprint density at radius 3 is 2.55 bits per heavy atom. The summed E-state index contributed by atoms with van der Waals surface area (Å²) in [5, 5.41) is 0.872. The third kappa shape index (κ3) is 3.25. The summed E-state index contributed by atoms with van der Waals surface area (Å²) in [4.78, 5) is 29.8. The maximum atomic E-state index is 14.0. The predicted molar refractivity (Wildman–Crippen MR) is 104 cm³/mol. The highest BCUT2D eigenvalue weighted by molar-refractivity contribution is 6.27. The number of halogens is 3. The second-order valence-corrected chi connectivity index (χ2v) is 7.11. The van der Waals surface area contributed by atoms with Crippen molar-refractivity contribution in [2.45, 2.75) is 18.5 Å². The van der Waals surface area contributed by atoms with Crippen LogP contribution in [-0.2, 0) is 20.7 Å². The fourth-order valence-electron chi connectivity index (χ4n) is 4.06. The molecule has 8 heteroatoms. The lowest BCUT2D eigenvalue weighted by Crippen LogP contribution is -2.52. The number of alkyl halides is 1. The molecule has 150 valence electrons. The lowest BCUT2D eigenvalue weighted by atomic mass is 9.88. The molecule has 1 amide bonds. The van der Waals surface area contributed by atoms with Crippen LogP contribution in [0.15, 0.2) is 42.5 Å². The third-order valence-corrected chi connectivity index (χ3v) is 5.44. The highest BCUT2D eigenvalue weighted by Gasteiger charge is 2.44. The second-order valence-electron chi connectivity index (χ2n) is 6.85. The number of aromatic nitrogens is 1. The summed E-state index contributed by atoms with van der Waals surface area (Å²) in [6, 6.07) is 8.61. The topological polar surface area (TPSA) is 62.4 Å². The molecule has 2 atom stereocenters. The minimum Gasteiger partial charge on any atom is -0.467 e. The zero-order valence-electron chi connectivity index (χ0n) is 15.4. The van der Waals surface area contributed by atoms with E-state index in [1.165, 1.54) is 12.0 Å². The van der Waals surface area contributed by atoms with E-state index in [9.17, 15) is 18.4 Å². The highest BCUT2D eigenvalue weighted by atomic mass is 35.5. The number of carbonyl (C=O) groups excluding carboxylic acids is 2. The SMILES string of the molecule is COC(=O)[C@@H]1Cc2c([nH]c3ccccc23)[C@@H](c2cc(F)cc(F)c2)N1C(=O)CCl. The van der Waals surface area contributed by atoms with Crippen LogP contribution in [0, 0.1) is 11.6 Å². The molecule has 0 radical (unpaired) electrons. The number of aromatic amines is 1. The lowest BCUT2D eigenvalue weighted by Gasteiger charge is -2.40. The summed E-state index contributed by atoms with van der Waals surface area (Å²) in [5.41, 5.74) is 2.38. The first-order valence-corrected chi connectivity index (χ1v) is 9.48. The Hall–Kier alpha value is -2.93. The number of para-hydroxylation sites is 1. The maximum absolute atomic E-state index is 14.0. The van der Waals surface area contributed by atoms with E-state index in [4.69, 9.17) is 16.3 Å². The van der Waals surface area contributed by atoms with Crippen LogP contribution in [0.3, 0.4) is 0 Å². The van der Waals surface area contributed by atoms with E-state index in [-0.39, 0.29) is 12.0 Å². The molecule has 0 spiro atoms. The van der Waals surface area contributed by atoms with Crippen LogP contribution in [0.5, 0.6) is 0 Å². The van der Waals surface area contributed by atoms with Crippen LogP contribution in [0.4, 0.5) is 8.78 Å². The molecule has 4 rings (SSSR count). The molecule has 1 aliphatic heterocycles. The van der Waals surface area contributed by atoms with E-state index in [1.807, 2.05) is 24.3 Å². The van der Waals surface area contributed by atoms with Crippen molar-refractivity contribution in [3.05, 3.63) is 70.9 Å². The van der Waals surface area contributed by atoms with Gasteiger partial charge in [-0.15, -0.1) is 11.6 Å². The molecule has 2 aromatic carbocycles. The van der Waals surface area contributed by atoms with Gasteiger partial charge in [-0.3, -0.25) is 4.79 Å². The molecule has 2 heterocycles. The number of rotatable bonds is 3. The molecule has 1 aliphatic rings. The van der Waals surface area contributed by atoms with Gasteiger partial charge in [0.25, 0.3) is 0 Å². The van der Waals surface area contributed by atoms with Crippen molar-refractivity contribution in [2.75, 3.05) is 13.0 Å². The normalized spacial score (nSPS) is 18.6. The molecule has 0 aliphatic carbocycles. The fourth-order valence-corrected chi connectivity index (χ4v) is 4.20. The van der Waals surface area contributed by atoms with Crippen LogP contribution >= 0.6 is 11.6 Å². The number of benzene rings is 2. The Balaban J connectivity index is 2.01. The van der Waals surface area contributed by atoms with Gasteiger partial charge in [0.1, 0.15) is 23.6 Å². The molecule has 0 saturated heterocycles. The summed E-state index contributed by atoms with van der Waals surface area (Å²) in [6.45, 7) is 0. The molecule has 0 saturated carbocycles. The number of methoxy groups -OCH3 is 1. The van der Waals surface area contributed by atoms with Crippen molar-refractivity contribution >= 4 is 34.4 Å². The average Bonchev–Trinajstić information content (AvgIpc) is 3.08. The van der Waals surface area contributed by atoms with Gasteiger partial charge in [0.15, 0.2) is 0 Å². The van der Waals surface area contributed by atoms with Crippen LogP contribution in [0.25, 0.3) is 10.9 Å². The minimum atomic E-state index is -0.978. The van der Waals surface area contributed by atoms with E-state index in [0.29, 0.717) is 5.69 Å². The zero-order chi connectivity index (χ0) is 20.7. The van der Waals surface area contributed by atoms with Crippen molar-refractivity contribution < 1.29 is 23.1 Å². The summed E-state index contributed by atoms with van der Waals surface area (Å²) < 4.78 is 33.0. The molecule has 0 bridgehead atoms. The van der Waals surface area contributed by atoms with Crippen molar-refractivity contribution in [3.63, 3.8) is 0 Å². The minimum absolute atomic E-state index is 0.197. The van der Waals surface area contributed by atoms with Crippen molar-refractivity contribution in [1.29, 1.82) is 0 Å². The zero-order valence-corrected chi connectivity index (χ0v) is 16.2.